The number of benzene rings is 1. The highest BCUT2D eigenvalue weighted by atomic mass is 35.5. The van der Waals surface area contributed by atoms with Crippen LogP contribution in [-0.4, -0.2) is 17.6 Å². The Morgan fingerprint density at radius 2 is 2.00 bits per heavy atom. The molecule has 3 nitrogen and oxygen atoms in total. The number of hydrogen-bond donors (Lipinski definition) is 2. The van der Waals surface area contributed by atoms with Crippen molar-refractivity contribution in [1.82, 2.24) is 5.32 Å². The summed E-state index contributed by atoms with van der Waals surface area (Å²) in [5.41, 5.74) is 0.582. The molecular formula is C14H13Cl2NO2S. The van der Waals surface area contributed by atoms with Gasteiger partial charge in [0.1, 0.15) is 0 Å². The van der Waals surface area contributed by atoms with E-state index in [1.54, 1.807) is 18.2 Å². The molecular weight excluding hydrogens is 317 g/mol. The second-order valence-corrected chi connectivity index (χ2v) is 6.18. The highest BCUT2D eigenvalue weighted by Crippen LogP contribution is 2.23. The van der Waals surface area contributed by atoms with E-state index in [1.165, 1.54) is 11.3 Å². The minimum absolute atomic E-state index is 0.125. The Hall–Kier alpha value is -1.07. The van der Waals surface area contributed by atoms with Crippen molar-refractivity contribution in [2.75, 3.05) is 6.54 Å². The fraction of sp³-hybridized carbons (Fsp3) is 0.214. The molecule has 20 heavy (non-hydrogen) atoms. The number of aliphatic hydroxyl groups is 1. The quantitative estimate of drug-likeness (QED) is 0.882. The molecule has 0 spiro atoms. The molecule has 6 heteroatoms. The molecule has 1 amide bonds. The van der Waals surface area contributed by atoms with Gasteiger partial charge in [0.2, 0.25) is 5.91 Å². The van der Waals surface area contributed by atoms with Gasteiger partial charge < -0.3 is 10.4 Å². The van der Waals surface area contributed by atoms with E-state index in [2.05, 4.69) is 5.32 Å². The monoisotopic (exact) mass is 329 g/mol. The summed E-state index contributed by atoms with van der Waals surface area (Å²) in [7, 11) is 0. The van der Waals surface area contributed by atoms with Gasteiger partial charge in [0.25, 0.3) is 0 Å². The maximum absolute atomic E-state index is 11.7. The first-order chi connectivity index (χ1) is 9.54. The van der Waals surface area contributed by atoms with Crippen molar-refractivity contribution in [1.29, 1.82) is 0 Å². The molecule has 0 bridgehead atoms. The first-order valence-electron chi connectivity index (χ1n) is 5.98. The van der Waals surface area contributed by atoms with E-state index in [4.69, 9.17) is 23.2 Å². The fourth-order valence-electron chi connectivity index (χ4n) is 1.73. The maximum atomic E-state index is 11.7. The van der Waals surface area contributed by atoms with Gasteiger partial charge in [-0.2, -0.15) is 0 Å². The van der Waals surface area contributed by atoms with Crippen LogP contribution in [-0.2, 0) is 11.2 Å². The third kappa shape index (κ3) is 4.49. The molecule has 2 aromatic rings. The number of rotatable bonds is 5. The van der Waals surface area contributed by atoms with E-state index in [1.807, 2.05) is 17.5 Å². The summed E-state index contributed by atoms with van der Waals surface area (Å²) < 4.78 is 0. The fourth-order valence-corrected chi connectivity index (χ4v) is 2.98. The third-order valence-corrected chi connectivity index (χ3v) is 3.99. The smallest absolute Gasteiger partial charge is 0.225 e. The van der Waals surface area contributed by atoms with Crippen LogP contribution in [0, 0.1) is 0 Å². The van der Waals surface area contributed by atoms with E-state index in [9.17, 15) is 9.90 Å². The van der Waals surface area contributed by atoms with Crippen LogP contribution in [0.15, 0.2) is 35.7 Å². The van der Waals surface area contributed by atoms with Gasteiger partial charge in [0.05, 0.1) is 12.5 Å². The van der Waals surface area contributed by atoms with E-state index < -0.39 is 6.10 Å². The van der Waals surface area contributed by atoms with Crippen molar-refractivity contribution in [3.63, 3.8) is 0 Å². The Morgan fingerprint density at radius 3 is 2.60 bits per heavy atom. The zero-order chi connectivity index (χ0) is 14.5. The molecule has 2 rings (SSSR count). The van der Waals surface area contributed by atoms with Crippen molar-refractivity contribution in [2.24, 2.45) is 0 Å². The van der Waals surface area contributed by atoms with Gasteiger partial charge in [-0.3, -0.25) is 4.79 Å². The molecule has 1 heterocycles. The van der Waals surface area contributed by atoms with Crippen molar-refractivity contribution < 1.29 is 9.90 Å². The zero-order valence-corrected chi connectivity index (χ0v) is 12.8. The second kappa shape index (κ2) is 7.09. The van der Waals surface area contributed by atoms with E-state index >= 15 is 0 Å². The SMILES string of the molecule is O=C(Cc1cccs1)NC[C@@H](O)c1cc(Cl)cc(Cl)c1. The van der Waals surface area contributed by atoms with Gasteiger partial charge in [-0.15, -0.1) is 11.3 Å². The van der Waals surface area contributed by atoms with E-state index in [0.717, 1.165) is 4.88 Å². The second-order valence-electron chi connectivity index (χ2n) is 4.28. The summed E-state index contributed by atoms with van der Waals surface area (Å²) in [6.45, 7) is 0.126. The average Bonchev–Trinajstić information content (AvgIpc) is 2.87. The van der Waals surface area contributed by atoms with Crippen molar-refractivity contribution in [3.8, 4) is 0 Å². The Bertz CT molecular complexity index is 567. The number of carbonyl (C=O) groups is 1. The van der Waals surface area contributed by atoms with Crippen LogP contribution in [0.3, 0.4) is 0 Å². The Kier molecular flexibility index (Phi) is 5.43. The Morgan fingerprint density at radius 1 is 1.30 bits per heavy atom. The lowest BCUT2D eigenvalue weighted by Crippen LogP contribution is -2.29. The van der Waals surface area contributed by atoms with Gasteiger partial charge in [0, 0.05) is 21.5 Å². The minimum Gasteiger partial charge on any atom is -0.387 e. The molecule has 106 valence electrons. The van der Waals surface area contributed by atoms with Crippen LogP contribution in [0.1, 0.15) is 16.5 Å². The lowest BCUT2D eigenvalue weighted by molar-refractivity contribution is -0.120. The summed E-state index contributed by atoms with van der Waals surface area (Å²) in [6, 6.07) is 8.65. The number of amides is 1. The third-order valence-electron chi connectivity index (χ3n) is 2.68. The van der Waals surface area contributed by atoms with Gasteiger partial charge in [-0.05, 0) is 35.2 Å². The van der Waals surface area contributed by atoms with Crippen LogP contribution in [0.5, 0.6) is 0 Å². The molecule has 0 saturated heterocycles. The summed E-state index contributed by atoms with van der Waals surface area (Å²) >= 11 is 13.3. The molecule has 2 N–H and O–H groups in total. The highest BCUT2D eigenvalue weighted by Gasteiger charge is 2.11. The van der Waals surface area contributed by atoms with Crippen molar-refractivity contribution >= 4 is 40.4 Å². The topological polar surface area (TPSA) is 49.3 Å². The standard InChI is InChI=1S/C14H13Cl2NO2S/c15-10-4-9(5-11(16)6-10)13(18)8-17-14(19)7-12-2-1-3-20-12/h1-6,13,18H,7-8H2,(H,17,19)/t13-/m1/s1. The van der Waals surface area contributed by atoms with Crippen LogP contribution >= 0.6 is 34.5 Å². The molecule has 1 atom stereocenters. The Balaban J connectivity index is 1.88. The van der Waals surface area contributed by atoms with Gasteiger partial charge in [-0.25, -0.2) is 0 Å². The summed E-state index contributed by atoms with van der Waals surface area (Å²) in [6.07, 6.45) is -0.515. The average molecular weight is 330 g/mol. The first kappa shape index (κ1) is 15.3. The van der Waals surface area contributed by atoms with Gasteiger partial charge in [0.15, 0.2) is 0 Å². The van der Waals surface area contributed by atoms with Crippen molar-refractivity contribution in [2.45, 2.75) is 12.5 Å². The maximum Gasteiger partial charge on any atom is 0.225 e. The van der Waals surface area contributed by atoms with Crippen LogP contribution in [0.2, 0.25) is 10.0 Å². The van der Waals surface area contributed by atoms with E-state index in [0.29, 0.717) is 22.0 Å². The molecule has 0 fully saturated rings. The summed E-state index contributed by atoms with van der Waals surface area (Å²) in [5.74, 6) is -0.125. The van der Waals surface area contributed by atoms with Crippen LogP contribution < -0.4 is 5.32 Å². The van der Waals surface area contributed by atoms with Crippen LogP contribution in [0.25, 0.3) is 0 Å². The minimum atomic E-state index is -0.835. The van der Waals surface area contributed by atoms with Gasteiger partial charge in [-0.1, -0.05) is 29.3 Å². The number of hydrogen-bond acceptors (Lipinski definition) is 3. The molecule has 0 saturated carbocycles. The molecule has 0 radical (unpaired) electrons. The number of nitrogens with one attached hydrogen (secondary N) is 1. The highest BCUT2D eigenvalue weighted by molar-refractivity contribution is 7.10. The first-order valence-corrected chi connectivity index (χ1v) is 7.61. The number of thiophene rings is 1. The lowest BCUT2D eigenvalue weighted by Gasteiger charge is -2.13. The molecule has 0 aliphatic carbocycles. The predicted octanol–water partition coefficient (Wildman–Crippen LogP) is 3.45. The molecule has 0 aliphatic rings. The van der Waals surface area contributed by atoms with Crippen molar-refractivity contribution in [3.05, 3.63) is 56.2 Å². The summed E-state index contributed by atoms with van der Waals surface area (Å²) in [5, 5.41) is 15.5. The predicted molar refractivity (Wildman–Crippen MR) is 82.5 cm³/mol. The van der Waals surface area contributed by atoms with Gasteiger partial charge >= 0.3 is 0 Å². The lowest BCUT2D eigenvalue weighted by atomic mass is 10.1. The molecule has 0 aliphatic heterocycles. The number of aliphatic hydroxyl groups excluding tert-OH is 1. The number of carbonyl (C=O) groups excluding carboxylic acids is 1. The normalized spacial score (nSPS) is 12.2. The Labute approximate surface area is 131 Å². The molecule has 1 aromatic heterocycles. The molecule has 1 aromatic carbocycles. The number of halogens is 2. The molecule has 0 unspecified atom stereocenters. The largest absolute Gasteiger partial charge is 0.387 e. The zero-order valence-electron chi connectivity index (χ0n) is 10.5. The summed E-state index contributed by atoms with van der Waals surface area (Å²) in [4.78, 5) is 12.7. The van der Waals surface area contributed by atoms with E-state index in [-0.39, 0.29) is 12.5 Å². The van der Waals surface area contributed by atoms with Crippen LogP contribution in [0.4, 0.5) is 0 Å².